The van der Waals surface area contributed by atoms with Crippen LogP contribution in [-0.4, -0.2) is 41.3 Å². The lowest BCUT2D eigenvalue weighted by Gasteiger charge is -2.19. The molecule has 3 heterocycles. The highest BCUT2D eigenvalue weighted by Crippen LogP contribution is 2.36. The van der Waals surface area contributed by atoms with Crippen molar-refractivity contribution in [3.63, 3.8) is 0 Å². The van der Waals surface area contributed by atoms with Crippen LogP contribution in [0.4, 0.5) is 4.39 Å². The largest absolute Gasteiger partial charge is 0.488 e. The van der Waals surface area contributed by atoms with Crippen molar-refractivity contribution in [3.05, 3.63) is 23.6 Å². The Morgan fingerprint density at radius 2 is 2.15 bits per heavy atom. The van der Waals surface area contributed by atoms with Gasteiger partial charge in [0.15, 0.2) is 11.6 Å². The number of carbonyl (C=O) groups is 2. The lowest BCUT2D eigenvalue weighted by atomic mass is 9.93. The Balaban J connectivity index is 0.00000210. The summed E-state index contributed by atoms with van der Waals surface area (Å²) in [5.41, 5.74) is 1.09. The molecule has 2 N–H and O–H groups in total. The molecule has 0 spiro atoms. The van der Waals surface area contributed by atoms with Crippen LogP contribution in [0.3, 0.4) is 0 Å². The van der Waals surface area contributed by atoms with Crippen molar-refractivity contribution >= 4 is 35.1 Å². The molecule has 0 radical (unpaired) electrons. The summed E-state index contributed by atoms with van der Waals surface area (Å²) in [5.74, 6) is -1.07. The zero-order chi connectivity index (χ0) is 18.3. The quantitative estimate of drug-likeness (QED) is 0.767. The van der Waals surface area contributed by atoms with Crippen molar-refractivity contribution in [1.82, 2.24) is 20.4 Å². The molecule has 7 nitrogen and oxygen atoms in total. The van der Waals surface area contributed by atoms with E-state index in [2.05, 4.69) is 15.7 Å². The standard InChI is InChI=1S/C18H21FN4O3.ClH/c1-23-16-11(15(22-23)12-3-5-14(24)21-18(12)25)2-4-13(19)17(16)26-9-10-6-7-20-8-10;/h2,4,10,12,20H,3,5-9H2,1H3,(H,21,24,25);1H/t10-,12?;/m1./s1. The second kappa shape index (κ2) is 7.82. The van der Waals surface area contributed by atoms with Gasteiger partial charge in [-0.3, -0.25) is 19.6 Å². The molecule has 2 atom stereocenters. The minimum absolute atomic E-state index is 0. The monoisotopic (exact) mass is 396 g/mol. The van der Waals surface area contributed by atoms with Crippen molar-refractivity contribution in [2.45, 2.75) is 25.2 Å². The Morgan fingerprint density at radius 1 is 1.33 bits per heavy atom. The van der Waals surface area contributed by atoms with E-state index in [0.29, 0.717) is 35.5 Å². The molecule has 1 aromatic heterocycles. The van der Waals surface area contributed by atoms with Gasteiger partial charge in [0.1, 0.15) is 5.52 Å². The van der Waals surface area contributed by atoms with Gasteiger partial charge >= 0.3 is 0 Å². The number of hydrogen-bond acceptors (Lipinski definition) is 5. The molecule has 2 aliphatic heterocycles. The first kappa shape index (κ1) is 19.6. The lowest BCUT2D eigenvalue weighted by molar-refractivity contribution is -0.134. The van der Waals surface area contributed by atoms with Crippen LogP contribution >= 0.6 is 12.4 Å². The number of piperidine rings is 1. The van der Waals surface area contributed by atoms with Crippen molar-refractivity contribution in [3.8, 4) is 5.75 Å². The molecule has 0 saturated carbocycles. The van der Waals surface area contributed by atoms with E-state index in [9.17, 15) is 14.0 Å². The van der Waals surface area contributed by atoms with Crippen LogP contribution in [0, 0.1) is 11.7 Å². The van der Waals surface area contributed by atoms with Crippen LogP contribution in [0.15, 0.2) is 12.1 Å². The maximum atomic E-state index is 14.4. The summed E-state index contributed by atoms with van der Waals surface area (Å²) in [5, 5.41) is 10.8. The minimum Gasteiger partial charge on any atom is -0.488 e. The Kier molecular flexibility index (Phi) is 5.67. The molecule has 2 aromatic rings. The van der Waals surface area contributed by atoms with Gasteiger partial charge in [-0.05, 0) is 31.5 Å². The second-order valence-corrected chi connectivity index (χ2v) is 6.96. The van der Waals surface area contributed by atoms with Gasteiger partial charge in [0.05, 0.1) is 18.2 Å². The van der Waals surface area contributed by atoms with Gasteiger partial charge in [-0.2, -0.15) is 5.10 Å². The molecule has 2 saturated heterocycles. The fourth-order valence-corrected chi connectivity index (χ4v) is 3.75. The van der Waals surface area contributed by atoms with Crippen LogP contribution in [0.25, 0.3) is 10.9 Å². The van der Waals surface area contributed by atoms with Gasteiger partial charge in [0.25, 0.3) is 0 Å². The molecule has 0 aliphatic carbocycles. The maximum Gasteiger partial charge on any atom is 0.235 e. The SMILES string of the molecule is Cl.Cn1nc(C2CCC(=O)NC2=O)c2ccc(F)c(OC[C@@H]3CCNC3)c21. The Labute approximate surface area is 162 Å². The Morgan fingerprint density at radius 3 is 2.85 bits per heavy atom. The summed E-state index contributed by atoms with van der Waals surface area (Å²) in [6.07, 6.45) is 1.68. The number of halogens is 2. The van der Waals surface area contributed by atoms with Gasteiger partial charge in [0.2, 0.25) is 11.8 Å². The van der Waals surface area contributed by atoms with Crippen molar-refractivity contribution in [2.24, 2.45) is 13.0 Å². The number of nitrogens with zero attached hydrogens (tertiary/aromatic N) is 2. The van der Waals surface area contributed by atoms with Gasteiger partial charge in [-0.25, -0.2) is 4.39 Å². The zero-order valence-corrected chi connectivity index (χ0v) is 15.8. The highest BCUT2D eigenvalue weighted by atomic mass is 35.5. The predicted molar refractivity (Wildman–Crippen MR) is 99.5 cm³/mol. The van der Waals surface area contributed by atoms with Crippen LogP contribution in [0.1, 0.15) is 30.9 Å². The van der Waals surface area contributed by atoms with E-state index >= 15 is 0 Å². The number of aromatic nitrogens is 2. The van der Waals surface area contributed by atoms with Crippen molar-refractivity contribution in [1.29, 1.82) is 0 Å². The summed E-state index contributed by atoms with van der Waals surface area (Å²) in [6, 6.07) is 2.97. The average molecular weight is 397 g/mol. The van der Waals surface area contributed by atoms with Gasteiger partial charge in [0, 0.05) is 31.3 Å². The number of benzene rings is 1. The number of aryl methyl sites for hydroxylation is 1. The molecule has 27 heavy (non-hydrogen) atoms. The number of nitrogens with one attached hydrogen (secondary N) is 2. The number of fused-ring (bicyclic) bond motifs is 1. The zero-order valence-electron chi connectivity index (χ0n) is 15.0. The molecule has 146 valence electrons. The van der Waals surface area contributed by atoms with Crippen LogP contribution in [-0.2, 0) is 16.6 Å². The molecule has 0 bridgehead atoms. The lowest BCUT2D eigenvalue weighted by Crippen LogP contribution is -2.39. The first-order valence-electron chi connectivity index (χ1n) is 8.87. The van der Waals surface area contributed by atoms with Crippen LogP contribution in [0.2, 0.25) is 0 Å². The fourth-order valence-electron chi connectivity index (χ4n) is 3.75. The van der Waals surface area contributed by atoms with E-state index in [-0.39, 0.29) is 36.4 Å². The highest BCUT2D eigenvalue weighted by molar-refractivity contribution is 6.03. The molecule has 2 amide bonds. The van der Waals surface area contributed by atoms with Crippen LogP contribution in [0.5, 0.6) is 5.75 Å². The molecule has 1 unspecified atom stereocenters. The third-order valence-electron chi connectivity index (χ3n) is 5.14. The summed E-state index contributed by atoms with van der Waals surface area (Å²) in [4.78, 5) is 23.6. The molecular formula is C18H22ClFN4O3. The summed E-state index contributed by atoms with van der Waals surface area (Å²) in [6.45, 7) is 2.25. The number of rotatable bonds is 4. The summed E-state index contributed by atoms with van der Waals surface area (Å²) >= 11 is 0. The van der Waals surface area contributed by atoms with E-state index in [4.69, 9.17) is 4.74 Å². The number of hydrogen-bond donors (Lipinski definition) is 2. The first-order valence-corrected chi connectivity index (χ1v) is 8.87. The van der Waals surface area contributed by atoms with E-state index in [1.807, 2.05) is 0 Å². The van der Waals surface area contributed by atoms with E-state index in [1.54, 1.807) is 17.8 Å². The second-order valence-electron chi connectivity index (χ2n) is 6.96. The molecule has 2 aliphatic rings. The Hall–Kier alpha value is -2.19. The average Bonchev–Trinajstić information content (AvgIpc) is 3.23. The highest BCUT2D eigenvalue weighted by Gasteiger charge is 2.32. The first-order chi connectivity index (χ1) is 12.5. The molecule has 1 aromatic carbocycles. The van der Waals surface area contributed by atoms with Gasteiger partial charge in [-0.1, -0.05) is 0 Å². The number of ether oxygens (including phenoxy) is 1. The van der Waals surface area contributed by atoms with E-state index in [1.165, 1.54) is 6.07 Å². The number of imide groups is 1. The molecule has 9 heteroatoms. The van der Waals surface area contributed by atoms with Crippen LogP contribution < -0.4 is 15.4 Å². The summed E-state index contributed by atoms with van der Waals surface area (Å²) in [7, 11) is 1.71. The van der Waals surface area contributed by atoms with E-state index < -0.39 is 11.7 Å². The van der Waals surface area contributed by atoms with Gasteiger partial charge < -0.3 is 10.1 Å². The molecular weight excluding hydrogens is 375 g/mol. The van der Waals surface area contributed by atoms with Gasteiger partial charge in [-0.15, -0.1) is 12.4 Å². The predicted octanol–water partition coefficient (Wildman–Crippen LogP) is 1.64. The third-order valence-corrected chi connectivity index (χ3v) is 5.14. The topological polar surface area (TPSA) is 85.2 Å². The molecule has 4 rings (SSSR count). The molecule has 2 fully saturated rings. The normalized spacial score (nSPS) is 22.6. The number of carbonyl (C=O) groups excluding carboxylic acids is 2. The fraction of sp³-hybridized carbons (Fsp3) is 0.500. The van der Waals surface area contributed by atoms with Crippen molar-refractivity contribution in [2.75, 3.05) is 19.7 Å². The summed E-state index contributed by atoms with van der Waals surface area (Å²) < 4.78 is 21.8. The third kappa shape index (κ3) is 3.64. The minimum atomic E-state index is -0.520. The smallest absolute Gasteiger partial charge is 0.235 e. The Bertz CT molecular complexity index is 879. The van der Waals surface area contributed by atoms with E-state index in [0.717, 1.165) is 19.5 Å². The van der Waals surface area contributed by atoms with Crippen molar-refractivity contribution < 1.29 is 18.7 Å². The maximum absolute atomic E-state index is 14.4. The number of amides is 2.